The number of aryl methyl sites for hydroxylation is 1. The topological polar surface area (TPSA) is 140 Å². The molecule has 1 aliphatic carbocycles. The fourth-order valence-corrected chi connectivity index (χ4v) is 5.44. The lowest BCUT2D eigenvalue weighted by atomic mass is 9.76. The summed E-state index contributed by atoms with van der Waals surface area (Å²) in [4.78, 5) is 27.2. The van der Waals surface area contributed by atoms with Crippen molar-refractivity contribution in [2.75, 3.05) is 12.4 Å². The smallest absolute Gasteiger partial charge is 0.252 e. The predicted molar refractivity (Wildman–Crippen MR) is 148 cm³/mol. The van der Waals surface area contributed by atoms with Gasteiger partial charge in [-0.2, -0.15) is 10.2 Å². The van der Waals surface area contributed by atoms with E-state index in [0.29, 0.717) is 30.3 Å². The monoisotopic (exact) mass is 558 g/mol. The second-order valence-corrected chi connectivity index (χ2v) is 10.5. The van der Waals surface area contributed by atoms with Crippen LogP contribution in [0.3, 0.4) is 0 Å². The Hall–Kier alpha value is -4.65. The number of hydrogen-bond acceptors (Lipinski definition) is 8. The van der Waals surface area contributed by atoms with Crippen LogP contribution in [0.5, 0.6) is 0 Å². The minimum atomic E-state index is -0.941. The van der Waals surface area contributed by atoms with Crippen LogP contribution < -0.4 is 10.6 Å². The van der Waals surface area contributed by atoms with E-state index in [4.69, 9.17) is 9.72 Å². The zero-order valence-corrected chi connectivity index (χ0v) is 23.0. The lowest BCUT2D eigenvalue weighted by Crippen LogP contribution is -2.50. The van der Waals surface area contributed by atoms with Crippen LogP contribution in [0.2, 0.25) is 0 Å². The number of aromatic amines is 1. The first-order valence-corrected chi connectivity index (χ1v) is 13.5. The highest BCUT2D eigenvalue weighted by molar-refractivity contribution is 5.85. The number of carbonyl (C=O) groups is 1. The first-order valence-electron chi connectivity index (χ1n) is 13.5. The maximum absolute atomic E-state index is 13.5. The number of anilines is 2. The van der Waals surface area contributed by atoms with Gasteiger partial charge in [0, 0.05) is 31.0 Å². The Balaban J connectivity index is 1.14. The summed E-state index contributed by atoms with van der Waals surface area (Å²) >= 11 is 0. The molecule has 5 aromatic heterocycles. The standard InChI is InChI=1S/C28H31FN10O2/c1-17-10-23(37-36-17)34-24-15-38-16-30-13-22(38)26(35-24)19-6-8-28(41-3,9-7-19)27(40)33-18(2)20-4-5-25(31-11-20)39-14-21(29)12-32-39/h4-5,10-16,18-19H,6-9H2,1-3H3,(H,33,40)(H2,34,36,37)/t18-,19?,28?/m0/s1. The van der Waals surface area contributed by atoms with Gasteiger partial charge in [-0.05, 0) is 51.2 Å². The van der Waals surface area contributed by atoms with E-state index in [-0.39, 0.29) is 17.9 Å². The number of halogens is 1. The SMILES string of the molecule is COC1(C(=O)N[C@@H](C)c2ccc(-n3cc(F)cn3)nc2)CCC(c2nc(Nc3cc(C)[nH]n3)cn3cncc23)CC1. The van der Waals surface area contributed by atoms with Crippen LogP contribution in [0.4, 0.5) is 16.0 Å². The third kappa shape index (κ3) is 5.27. The molecule has 0 spiro atoms. The summed E-state index contributed by atoms with van der Waals surface area (Å²) in [6.45, 7) is 3.84. The number of fused-ring (bicyclic) bond motifs is 1. The van der Waals surface area contributed by atoms with Crippen LogP contribution in [0, 0.1) is 12.7 Å². The summed E-state index contributed by atoms with van der Waals surface area (Å²) in [7, 11) is 1.59. The fourth-order valence-electron chi connectivity index (χ4n) is 5.44. The Kier molecular flexibility index (Phi) is 6.95. The number of pyridine rings is 1. The van der Waals surface area contributed by atoms with Gasteiger partial charge < -0.3 is 19.8 Å². The van der Waals surface area contributed by atoms with Gasteiger partial charge in [-0.15, -0.1) is 0 Å². The molecule has 1 saturated carbocycles. The van der Waals surface area contributed by atoms with Crippen LogP contribution in [-0.2, 0) is 9.53 Å². The van der Waals surface area contributed by atoms with Crippen LogP contribution in [-0.4, -0.2) is 57.9 Å². The number of H-pyrrole nitrogens is 1. The van der Waals surface area contributed by atoms with Crippen molar-refractivity contribution in [3.63, 3.8) is 0 Å². The van der Waals surface area contributed by atoms with Gasteiger partial charge in [0.25, 0.3) is 5.91 Å². The summed E-state index contributed by atoms with van der Waals surface area (Å²) in [6, 6.07) is 5.20. The Labute approximate surface area is 235 Å². The number of imidazole rings is 1. The summed E-state index contributed by atoms with van der Waals surface area (Å²) in [5.74, 6) is 1.39. The average molecular weight is 559 g/mol. The van der Waals surface area contributed by atoms with Crippen molar-refractivity contribution in [2.45, 2.75) is 57.1 Å². The summed E-state index contributed by atoms with van der Waals surface area (Å²) in [5.41, 5.74) is 2.70. The molecule has 0 unspecified atom stereocenters. The number of ether oxygens (including phenoxy) is 1. The van der Waals surface area contributed by atoms with Crippen LogP contribution in [0.15, 0.2) is 55.5 Å². The predicted octanol–water partition coefficient (Wildman–Crippen LogP) is 4.14. The Morgan fingerprint density at radius 1 is 1.20 bits per heavy atom. The molecule has 0 aromatic carbocycles. The number of nitrogens with zero attached hydrogens (tertiary/aromatic N) is 7. The Morgan fingerprint density at radius 2 is 2.02 bits per heavy atom. The van der Waals surface area contributed by atoms with Gasteiger partial charge in [0.05, 0.1) is 48.4 Å². The molecule has 0 saturated heterocycles. The quantitative estimate of drug-likeness (QED) is 0.258. The molecule has 212 valence electrons. The molecule has 1 atom stereocenters. The fraction of sp³-hybridized carbons (Fsp3) is 0.357. The molecule has 5 heterocycles. The summed E-state index contributed by atoms with van der Waals surface area (Å²) < 4.78 is 22.5. The van der Waals surface area contributed by atoms with Gasteiger partial charge in [0.1, 0.15) is 11.4 Å². The normalized spacial score (nSPS) is 19.8. The van der Waals surface area contributed by atoms with Gasteiger partial charge >= 0.3 is 0 Å². The van der Waals surface area contributed by atoms with E-state index in [1.54, 1.807) is 25.7 Å². The molecule has 3 N–H and O–H groups in total. The number of methoxy groups -OCH3 is 1. The molecule has 1 amide bonds. The number of nitrogens with one attached hydrogen (secondary N) is 3. The third-order valence-electron chi connectivity index (χ3n) is 7.78. The van der Waals surface area contributed by atoms with Crippen molar-refractivity contribution in [3.05, 3.63) is 78.3 Å². The van der Waals surface area contributed by atoms with Crippen molar-refractivity contribution in [1.29, 1.82) is 0 Å². The van der Waals surface area contributed by atoms with E-state index >= 15 is 0 Å². The van der Waals surface area contributed by atoms with Gasteiger partial charge in [-0.25, -0.2) is 24.0 Å². The van der Waals surface area contributed by atoms with Crippen molar-refractivity contribution in [1.82, 2.24) is 44.6 Å². The molecule has 6 rings (SSSR count). The average Bonchev–Trinajstić information content (AvgIpc) is 3.74. The largest absolute Gasteiger partial charge is 0.368 e. The number of hydrogen-bond donors (Lipinski definition) is 3. The van der Waals surface area contributed by atoms with Crippen LogP contribution >= 0.6 is 0 Å². The zero-order chi connectivity index (χ0) is 28.6. The van der Waals surface area contributed by atoms with Crippen molar-refractivity contribution in [3.8, 4) is 5.82 Å². The second kappa shape index (κ2) is 10.7. The molecule has 0 bridgehead atoms. The van der Waals surface area contributed by atoms with E-state index < -0.39 is 11.4 Å². The summed E-state index contributed by atoms with van der Waals surface area (Å²) in [5, 5.41) is 17.5. The molecule has 5 aromatic rings. The zero-order valence-electron chi connectivity index (χ0n) is 23.0. The molecule has 1 fully saturated rings. The molecular weight excluding hydrogens is 527 g/mol. The van der Waals surface area contributed by atoms with E-state index in [1.165, 1.54) is 10.9 Å². The highest BCUT2D eigenvalue weighted by atomic mass is 19.1. The van der Waals surface area contributed by atoms with Gasteiger partial charge in [-0.3, -0.25) is 9.89 Å². The first kappa shape index (κ1) is 26.6. The number of aromatic nitrogens is 8. The highest BCUT2D eigenvalue weighted by Gasteiger charge is 2.43. The van der Waals surface area contributed by atoms with Gasteiger partial charge in [0.2, 0.25) is 0 Å². The Bertz CT molecular complexity index is 1670. The van der Waals surface area contributed by atoms with E-state index in [1.807, 2.05) is 42.8 Å². The van der Waals surface area contributed by atoms with E-state index in [9.17, 15) is 9.18 Å². The number of carbonyl (C=O) groups excluding carboxylic acids is 1. The molecule has 12 nitrogen and oxygen atoms in total. The molecule has 0 radical (unpaired) electrons. The van der Waals surface area contributed by atoms with Crippen molar-refractivity contribution < 1.29 is 13.9 Å². The Morgan fingerprint density at radius 3 is 2.68 bits per heavy atom. The lowest BCUT2D eigenvalue weighted by molar-refractivity contribution is -0.148. The lowest BCUT2D eigenvalue weighted by Gasteiger charge is -2.38. The molecule has 13 heteroatoms. The van der Waals surface area contributed by atoms with Crippen molar-refractivity contribution >= 4 is 23.1 Å². The molecule has 41 heavy (non-hydrogen) atoms. The van der Waals surface area contributed by atoms with Gasteiger partial charge in [-0.1, -0.05) is 6.07 Å². The highest BCUT2D eigenvalue weighted by Crippen LogP contribution is 2.41. The maximum Gasteiger partial charge on any atom is 0.252 e. The van der Waals surface area contributed by atoms with Gasteiger partial charge in [0.15, 0.2) is 17.5 Å². The van der Waals surface area contributed by atoms with Crippen LogP contribution in [0.1, 0.15) is 61.5 Å². The summed E-state index contributed by atoms with van der Waals surface area (Å²) in [6.07, 6.45) is 12.1. The molecule has 0 aliphatic heterocycles. The van der Waals surface area contributed by atoms with Crippen molar-refractivity contribution in [2.24, 2.45) is 0 Å². The van der Waals surface area contributed by atoms with Crippen LogP contribution in [0.25, 0.3) is 11.3 Å². The van der Waals surface area contributed by atoms with E-state index in [2.05, 4.69) is 35.9 Å². The maximum atomic E-state index is 13.5. The minimum Gasteiger partial charge on any atom is -0.368 e. The third-order valence-corrected chi connectivity index (χ3v) is 7.78. The second-order valence-electron chi connectivity index (χ2n) is 10.5. The number of rotatable bonds is 8. The molecular formula is C28H31FN10O2. The first-order chi connectivity index (χ1) is 19.8. The molecule has 1 aliphatic rings. The van der Waals surface area contributed by atoms with E-state index in [0.717, 1.165) is 41.5 Å². The minimum absolute atomic E-state index is 0.134. The number of amides is 1.